The summed E-state index contributed by atoms with van der Waals surface area (Å²) in [7, 11) is 0. The van der Waals surface area contributed by atoms with Crippen LogP contribution in [0.5, 0.6) is 0 Å². The lowest BCUT2D eigenvalue weighted by molar-refractivity contribution is 0.289. The summed E-state index contributed by atoms with van der Waals surface area (Å²) in [5.74, 6) is 3.04. The number of hydrogen-bond donors (Lipinski definition) is 1. The van der Waals surface area contributed by atoms with Gasteiger partial charge in [0.2, 0.25) is 0 Å². The van der Waals surface area contributed by atoms with Crippen molar-refractivity contribution in [2.45, 2.75) is 51.4 Å². The Balaban J connectivity index is 1.68. The van der Waals surface area contributed by atoms with E-state index >= 15 is 0 Å². The average molecular weight is 289 g/mol. The fourth-order valence-corrected chi connectivity index (χ4v) is 4.61. The second kappa shape index (κ2) is 6.91. The molecule has 4 atom stereocenters. The molecule has 0 aromatic heterocycles. The van der Waals surface area contributed by atoms with E-state index in [4.69, 9.17) is 0 Å². The largest absolute Gasteiger partial charge is 0.316 e. The number of halogens is 1. The van der Waals surface area contributed by atoms with Gasteiger partial charge < -0.3 is 5.32 Å². The Labute approximate surface area is 128 Å². The minimum absolute atomic E-state index is 0.0241. The van der Waals surface area contributed by atoms with E-state index in [-0.39, 0.29) is 5.82 Å². The van der Waals surface area contributed by atoms with E-state index in [9.17, 15) is 4.39 Å². The highest BCUT2D eigenvalue weighted by Crippen LogP contribution is 2.51. The summed E-state index contributed by atoms with van der Waals surface area (Å²) < 4.78 is 14.2. The molecule has 1 nitrogen and oxygen atoms in total. The number of hydrogen-bond acceptors (Lipinski definition) is 1. The van der Waals surface area contributed by atoms with Gasteiger partial charge in [-0.25, -0.2) is 4.39 Å². The van der Waals surface area contributed by atoms with Gasteiger partial charge >= 0.3 is 0 Å². The van der Waals surface area contributed by atoms with Crippen LogP contribution in [-0.2, 0) is 0 Å². The van der Waals surface area contributed by atoms with Crippen LogP contribution in [0.25, 0.3) is 0 Å². The van der Waals surface area contributed by atoms with Gasteiger partial charge in [-0.3, -0.25) is 0 Å². The van der Waals surface area contributed by atoms with Gasteiger partial charge in [-0.2, -0.15) is 0 Å². The molecule has 0 spiro atoms. The lowest BCUT2D eigenvalue weighted by Gasteiger charge is -2.27. The molecule has 0 heterocycles. The van der Waals surface area contributed by atoms with Crippen molar-refractivity contribution < 1.29 is 4.39 Å². The highest BCUT2D eigenvalue weighted by molar-refractivity contribution is 5.22. The number of fused-ring (bicyclic) bond motifs is 2. The van der Waals surface area contributed by atoms with Gasteiger partial charge in [-0.1, -0.05) is 31.5 Å². The first-order chi connectivity index (χ1) is 10.3. The van der Waals surface area contributed by atoms with Crippen LogP contribution in [0, 0.1) is 23.6 Å². The quantitative estimate of drug-likeness (QED) is 0.715. The molecule has 4 unspecified atom stereocenters. The van der Waals surface area contributed by atoms with Gasteiger partial charge in [0.05, 0.1) is 0 Å². The molecule has 2 saturated carbocycles. The third-order valence-electron chi connectivity index (χ3n) is 5.63. The third kappa shape index (κ3) is 3.48. The summed E-state index contributed by atoms with van der Waals surface area (Å²) in [4.78, 5) is 0. The molecule has 2 heteroatoms. The molecular weight excluding hydrogens is 261 g/mol. The standard InChI is InChI=1S/C19H28FN/c1-2-9-21-13-17(18-5-3-4-6-19(18)20)12-16-11-14-7-8-15(16)10-14/h3-6,14-17,21H,2,7-13H2,1H3. The lowest BCUT2D eigenvalue weighted by atomic mass is 9.80. The lowest BCUT2D eigenvalue weighted by Crippen LogP contribution is -2.26. The van der Waals surface area contributed by atoms with E-state index in [1.807, 2.05) is 12.1 Å². The van der Waals surface area contributed by atoms with Crippen molar-refractivity contribution in [3.05, 3.63) is 35.6 Å². The molecular formula is C19H28FN. The summed E-state index contributed by atoms with van der Waals surface area (Å²) in [6, 6.07) is 7.38. The van der Waals surface area contributed by atoms with Gasteiger partial charge in [-0.15, -0.1) is 0 Å². The zero-order chi connectivity index (χ0) is 14.7. The van der Waals surface area contributed by atoms with Crippen molar-refractivity contribution in [2.75, 3.05) is 13.1 Å². The zero-order valence-corrected chi connectivity index (χ0v) is 13.2. The minimum Gasteiger partial charge on any atom is -0.316 e. The highest BCUT2D eigenvalue weighted by atomic mass is 19.1. The molecule has 1 aromatic rings. The molecule has 116 valence electrons. The number of nitrogens with one attached hydrogen (secondary N) is 1. The first-order valence-corrected chi connectivity index (χ1v) is 8.73. The van der Waals surface area contributed by atoms with Crippen molar-refractivity contribution in [3.63, 3.8) is 0 Å². The molecule has 0 radical (unpaired) electrons. The SMILES string of the molecule is CCCNCC(CC1CC2CCC1C2)c1ccccc1F. The second-order valence-electron chi connectivity index (χ2n) is 7.09. The highest BCUT2D eigenvalue weighted by Gasteiger charge is 2.40. The first-order valence-electron chi connectivity index (χ1n) is 8.73. The Morgan fingerprint density at radius 2 is 2.10 bits per heavy atom. The van der Waals surface area contributed by atoms with Gasteiger partial charge in [0.25, 0.3) is 0 Å². The van der Waals surface area contributed by atoms with Crippen LogP contribution in [0.1, 0.15) is 56.9 Å². The third-order valence-corrected chi connectivity index (χ3v) is 5.63. The van der Waals surface area contributed by atoms with Crippen LogP contribution in [0.4, 0.5) is 4.39 Å². The topological polar surface area (TPSA) is 12.0 Å². The predicted molar refractivity (Wildman–Crippen MR) is 85.9 cm³/mol. The monoisotopic (exact) mass is 289 g/mol. The Kier molecular flexibility index (Phi) is 4.95. The van der Waals surface area contributed by atoms with Gasteiger partial charge in [0.1, 0.15) is 5.82 Å². The maximum atomic E-state index is 14.2. The van der Waals surface area contributed by atoms with E-state index in [0.29, 0.717) is 5.92 Å². The van der Waals surface area contributed by atoms with Crippen LogP contribution in [0.2, 0.25) is 0 Å². The van der Waals surface area contributed by atoms with Crippen LogP contribution in [0.3, 0.4) is 0 Å². The van der Waals surface area contributed by atoms with E-state index in [1.165, 1.54) is 32.1 Å². The predicted octanol–water partition coefficient (Wildman–Crippen LogP) is 4.74. The van der Waals surface area contributed by atoms with E-state index in [0.717, 1.165) is 42.8 Å². The van der Waals surface area contributed by atoms with Crippen LogP contribution in [-0.4, -0.2) is 13.1 Å². The van der Waals surface area contributed by atoms with E-state index in [1.54, 1.807) is 12.1 Å². The van der Waals surface area contributed by atoms with Crippen LogP contribution >= 0.6 is 0 Å². The molecule has 2 bridgehead atoms. The first kappa shape index (κ1) is 15.0. The Hall–Kier alpha value is -0.890. The number of rotatable bonds is 7. The maximum absolute atomic E-state index is 14.2. The van der Waals surface area contributed by atoms with Gasteiger partial charge in [0.15, 0.2) is 0 Å². The fraction of sp³-hybridized carbons (Fsp3) is 0.684. The Morgan fingerprint density at radius 1 is 1.24 bits per heavy atom. The van der Waals surface area contributed by atoms with Crippen LogP contribution < -0.4 is 5.32 Å². The molecule has 1 N–H and O–H groups in total. The molecule has 1 aromatic carbocycles. The summed E-state index contributed by atoms with van der Waals surface area (Å²) in [5.41, 5.74) is 0.920. The fourth-order valence-electron chi connectivity index (χ4n) is 4.61. The molecule has 0 saturated heterocycles. The van der Waals surface area contributed by atoms with Crippen molar-refractivity contribution in [1.82, 2.24) is 5.32 Å². The summed E-state index contributed by atoms with van der Waals surface area (Å²) >= 11 is 0. The molecule has 21 heavy (non-hydrogen) atoms. The van der Waals surface area contributed by atoms with E-state index in [2.05, 4.69) is 12.2 Å². The Morgan fingerprint density at radius 3 is 2.76 bits per heavy atom. The maximum Gasteiger partial charge on any atom is 0.126 e. The molecule has 2 aliphatic rings. The molecule has 2 fully saturated rings. The normalized spacial score (nSPS) is 29.0. The Bertz CT molecular complexity index is 459. The van der Waals surface area contributed by atoms with Crippen molar-refractivity contribution in [3.8, 4) is 0 Å². The molecule has 2 aliphatic carbocycles. The summed E-state index contributed by atoms with van der Waals surface area (Å²) in [6.45, 7) is 4.13. The smallest absolute Gasteiger partial charge is 0.126 e. The van der Waals surface area contributed by atoms with Crippen molar-refractivity contribution in [2.24, 2.45) is 17.8 Å². The van der Waals surface area contributed by atoms with Gasteiger partial charge in [0, 0.05) is 6.54 Å². The van der Waals surface area contributed by atoms with Crippen molar-refractivity contribution in [1.29, 1.82) is 0 Å². The van der Waals surface area contributed by atoms with Crippen molar-refractivity contribution >= 4 is 0 Å². The van der Waals surface area contributed by atoms with E-state index < -0.39 is 0 Å². The summed E-state index contributed by atoms with van der Waals surface area (Å²) in [6.07, 6.45) is 8.00. The molecule has 0 amide bonds. The second-order valence-corrected chi connectivity index (χ2v) is 7.09. The molecule has 3 rings (SSSR count). The van der Waals surface area contributed by atoms with Crippen LogP contribution in [0.15, 0.2) is 24.3 Å². The summed E-state index contributed by atoms with van der Waals surface area (Å²) in [5, 5.41) is 3.51. The van der Waals surface area contributed by atoms with Gasteiger partial charge in [-0.05, 0) is 74.0 Å². The average Bonchev–Trinajstić information content (AvgIpc) is 3.10. The minimum atomic E-state index is -0.0241. The zero-order valence-electron chi connectivity index (χ0n) is 13.2. The number of benzene rings is 1. The molecule has 0 aliphatic heterocycles.